The topological polar surface area (TPSA) is 29.1 Å². The molecule has 5 heteroatoms. The third kappa shape index (κ3) is 7.18. The molecule has 0 heterocycles. The summed E-state index contributed by atoms with van der Waals surface area (Å²) in [5.41, 5.74) is 3.53. The Labute approximate surface area is 192 Å². The number of rotatable bonds is 10. The number of halogens is 2. The summed E-state index contributed by atoms with van der Waals surface area (Å²) in [4.78, 5) is 0. The maximum absolute atomic E-state index is 13.2. The fourth-order valence-electron chi connectivity index (χ4n) is 3.25. The lowest BCUT2D eigenvalue weighted by molar-refractivity contribution is 0.655. The molecule has 0 radical (unpaired) electrons. The predicted molar refractivity (Wildman–Crippen MR) is 131 cm³/mol. The van der Waals surface area contributed by atoms with Crippen molar-refractivity contribution in [3.8, 4) is 0 Å². The monoisotopic (exact) mass is 533 g/mol. The molecular formula is C24H25Br2NOS. The van der Waals surface area contributed by atoms with E-state index in [1.807, 2.05) is 30.3 Å². The molecule has 0 aliphatic heterocycles. The second-order valence-corrected chi connectivity index (χ2v) is 10.4. The molecule has 0 saturated carbocycles. The van der Waals surface area contributed by atoms with Crippen LogP contribution in [-0.2, 0) is 17.2 Å². The Morgan fingerprint density at radius 3 is 1.86 bits per heavy atom. The van der Waals surface area contributed by atoms with Crippen molar-refractivity contribution < 1.29 is 4.21 Å². The Morgan fingerprint density at radius 1 is 0.759 bits per heavy atom. The van der Waals surface area contributed by atoms with Crippen LogP contribution in [0.25, 0.3) is 0 Å². The number of benzene rings is 3. The first-order valence-electron chi connectivity index (χ1n) is 9.76. The Kier molecular flexibility index (Phi) is 9.12. The van der Waals surface area contributed by atoms with Crippen LogP contribution in [0.1, 0.15) is 28.4 Å². The lowest BCUT2D eigenvalue weighted by Crippen LogP contribution is -2.24. The van der Waals surface area contributed by atoms with Gasteiger partial charge in [-0.15, -0.1) is 0 Å². The molecule has 0 fully saturated rings. The molecule has 152 valence electrons. The van der Waals surface area contributed by atoms with Gasteiger partial charge < -0.3 is 5.32 Å². The van der Waals surface area contributed by atoms with E-state index in [1.54, 1.807) is 0 Å². The Morgan fingerprint density at radius 2 is 1.31 bits per heavy atom. The van der Waals surface area contributed by atoms with Gasteiger partial charge in [-0.25, -0.2) is 0 Å². The highest BCUT2D eigenvalue weighted by Gasteiger charge is 2.21. The van der Waals surface area contributed by atoms with Crippen LogP contribution in [0.2, 0.25) is 0 Å². The van der Waals surface area contributed by atoms with E-state index in [-0.39, 0.29) is 5.25 Å². The molecule has 3 aromatic rings. The van der Waals surface area contributed by atoms with Gasteiger partial charge in [0, 0.05) is 32.0 Å². The third-order valence-corrected chi connectivity index (χ3v) is 7.48. The van der Waals surface area contributed by atoms with E-state index in [4.69, 9.17) is 0 Å². The van der Waals surface area contributed by atoms with Crippen molar-refractivity contribution in [2.24, 2.45) is 0 Å². The standard InChI is InChI=1S/C24H25Br2NOS/c25-22-12-8-20(9-13-22)24(21-10-14-23(26)15-11-21)29(28)18-17-27-16-4-7-19-5-2-1-3-6-19/h1-3,5-6,8-15,24,27H,4,7,16-18H2. The largest absolute Gasteiger partial charge is 0.316 e. The molecule has 0 bridgehead atoms. The minimum atomic E-state index is -1.01. The summed E-state index contributed by atoms with van der Waals surface area (Å²) in [6.07, 6.45) is 2.15. The number of aryl methyl sites for hydroxylation is 1. The van der Waals surface area contributed by atoms with Gasteiger partial charge in [-0.3, -0.25) is 4.21 Å². The first kappa shape index (κ1) is 22.4. The number of hydrogen-bond donors (Lipinski definition) is 1. The van der Waals surface area contributed by atoms with E-state index >= 15 is 0 Å². The summed E-state index contributed by atoms with van der Waals surface area (Å²) in [6.45, 7) is 1.69. The van der Waals surface area contributed by atoms with E-state index in [9.17, 15) is 4.21 Å². The van der Waals surface area contributed by atoms with Crippen LogP contribution >= 0.6 is 31.9 Å². The molecule has 0 aliphatic carbocycles. The molecule has 3 rings (SSSR count). The van der Waals surface area contributed by atoms with Gasteiger partial charge in [0.1, 0.15) is 0 Å². The van der Waals surface area contributed by atoms with Gasteiger partial charge in [-0.2, -0.15) is 0 Å². The van der Waals surface area contributed by atoms with Gasteiger partial charge in [-0.05, 0) is 60.3 Å². The average Bonchev–Trinajstić information content (AvgIpc) is 2.74. The summed E-state index contributed by atoms with van der Waals surface area (Å²) in [7, 11) is -1.01. The van der Waals surface area contributed by atoms with Gasteiger partial charge in [0.05, 0.1) is 5.25 Å². The van der Waals surface area contributed by atoms with Crippen LogP contribution < -0.4 is 5.32 Å². The third-order valence-electron chi connectivity index (χ3n) is 4.75. The fraction of sp³-hybridized carbons (Fsp3) is 0.250. The lowest BCUT2D eigenvalue weighted by Gasteiger charge is -2.18. The summed E-state index contributed by atoms with van der Waals surface area (Å²) < 4.78 is 15.3. The van der Waals surface area contributed by atoms with Gasteiger partial charge >= 0.3 is 0 Å². The van der Waals surface area contributed by atoms with Crippen molar-refractivity contribution in [1.82, 2.24) is 5.32 Å². The zero-order valence-corrected chi connectivity index (χ0v) is 20.2. The maximum atomic E-state index is 13.2. The highest BCUT2D eigenvalue weighted by molar-refractivity contribution is 9.10. The number of nitrogens with one attached hydrogen (secondary N) is 1. The molecule has 3 aromatic carbocycles. The zero-order chi connectivity index (χ0) is 20.5. The molecule has 0 aliphatic rings. The van der Waals surface area contributed by atoms with Gasteiger partial charge in [0.25, 0.3) is 0 Å². The normalized spacial score (nSPS) is 12.2. The van der Waals surface area contributed by atoms with Crippen molar-refractivity contribution >= 4 is 42.7 Å². The smallest absolute Gasteiger partial charge is 0.0847 e. The minimum absolute atomic E-state index is 0.123. The van der Waals surface area contributed by atoms with Crippen LogP contribution in [0.5, 0.6) is 0 Å². The zero-order valence-electron chi connectivity index (χ0n) is 16.2. The number of hydrogen-bond acceptors (Lipinski definition) is 2. The molecule has 1 N–H and O–H groups in total. The molecule has 0 amide bonds. The van der Waals surface area contributed by atoms with Gasteiger partial charge in [-0.1, -0.05) is 86.5 Å². The SMILES string of the molecule is O=S(CCNCCCc1ccccc1)C(c1ccc(Br)cc1)c1ccc(Br)cc1. The van der Waals surface area contributed by atoms with Crippen molar-refractivity contribution in [2.45, 2.75) is 18.1 Å². The van der Waals surface area contributed by atoms with Crippen molar-refractivity contribution in [1.29, 1.82) is 0 Å². The fourth-order valence-corrected chi connectivity index (χ4v) is 5.28. The van der Waals surface area contributed by atoms with Crippen molar-refractivity contribution in [2.75, 3.05) is 18.8 Å². The summed E-state index contributed by atoms with van der Waals surface area (Å²) >= 11 is 6.98. The minimum Gasteiger partial charge on any atom is -0.316 e. The van der Waals surface area contributed by atoms with E-state index < -0.39 is 10.8 Å². The molecule has 0 saturated heterocycles. The van der Waals surface area contributed by atoms with Crippen LogP contribution in [0.15, 0.2) is 87.8 Å². The molecule has 1 unspecified atom stereocenters. The van der Waals surface area contributed by atoms with E-state index in [1.165, 1.54) is 5.56 Å². The van der Waals surface area contributed by atoms with E-state index in [2.05, 4.69) is 85.7 Å². The van der Waals surface area contributed by atoms with Crippen LogP contribution in [0.4, 0.5) is 0 Å². The first-order valence-corrected chi connectivity index (χ1v) is 12.7. The highest BCUT2D eigenvalue weighted by Crippen LogP contribution is 2.30. The molecular weight excluding hydrogens is 510 g/mol. The lowest BCUT2D eigenvalue weighted by atomic mass is 10.0. The highest BCUT2D eigenvalue weighted by atomic mass is 79.9. The predicted octanol–water partition coefficient (Wildman–Crippen LogP) is 6.27. The summed E-state index contributed by atoms with van der Waals surface area (Å²) in [5, 5.41) is 3.33. The Balaban J connectivity index is 1.55. The van der Waals surface area contributed by atoms with Gasteiger partial charge in [0.15, 0.2) is 0 Å². The molecule has 2 nitrogen and oxygen atoms in total. The average molecular weight is 535 g/mol. The Bertz CT molecular complexity index is 853. The van der Waals surface area contributed by atoms with Gasteiger partial charge in [0.2, 0.25) is 0 Å². The second-order valence-electron chi connectivity index (χ2n) is 6.91. The molecule has 1 atom stereocenters. The quantitative estimate of drug-likeness (QED) is 0.310. The van der Waals surface area contributed by atoms with E-state index in [0.717, 1.165) is 46.0 Å². The summed E-state index contributed by atoms with van der Waals surface area (Å²) in [6, 6.07) is 26.8. The first-order chi connectivity index (χ1) is 14.1. The van der Waals surface area contributed by atoms with Crippen molar-refractivity contribution in [3.05, 3.63) is 104 Å². The Hall–Kier alpha value is -1.27. The van der Waals surface area contributed by atoms with Crippen LogP contribution in [0.3, 0.4) is 0 Å². The molecule has 29 heavy (non-hydrogen) atoms. The van der Waals surface area contributed by atoms with E-state index in [0.29, 0.717) is 5.75 Å². The molecule has 0 spiro atoms. The molecule has 0 aromatic heterocycles. The maximum Gasteiger partial charge on any atom is 0.0847 e. The summed E-state index contributed by atoms with van der Waals surface area (Å²) in [5.74, 6) is 0.627. The second kappa shape index (κ2) is 11.8. The van der Waals surface area contributed by atoms with Crippen LogP contribution in [0, 0.1) is 0 Å². The van der Waals surface area contributed by atoms with Crippen LogP contribution in [-0.4, -0.2) is 23.1 Å². The van der Waals surface area contributed by atoms with Crippen molar-refractivity contribution in [3.63, 3.8) is 0 Å².